The minimum absolute atomic E-state index is 0.203. The van der Waals surface area contributed by atoms with E-state index >= 15 is 0 Å². The predicted molar refractivity (Wildman–Crippen MR) is 108 cm³/mol. The molecule has 0 radical (unpaired) electrons. The number of benzene rings is 1. The summed E-state index contributed by atoms with van der Waals surface area (Å²) in [5, 5.41) is 6.53. The van der Waals surface area contributed by atoms with Crippen molar-refractivity contribution in [3.8, 4) is 5.75 Å². The van der Waals surface area contributed by atoms with Crippen molar-refractivity contribution >= 4 is 21.4 Å². The van der Waals surface area contributed by atoms with Gasteiger partial charge in [-0.2, -0.15) is 0 Å². The van der Waals surface area contributed by atoms with Gasteiger partial charge in [-0.3, -0.25) is 4.99 Å². The van der Waals surface area contributed by atoms with Gasteiger partial charge in [0, 0.05) is 17.9 Å². The summed E-state index contributed by atoms with van der Waals surface area (Å²) in [4.78, 5) is 4.69. The minimum atomic E-state index is -3.31. The molecule has 1 atom stereocenters. The van der Waals surface area contributed by atoms with E-state index in [1.165, 1.54) is 19.4 Å². The van der Waals surface area contributed by atoms with Crippen molar-refractivity contribution in [2.75, 3.05) is 25.2 Å². The molecule has 0 bridgehead atoms. The number of fused-ring (bicyclic) bond motifs is 1. The zero-order chi connectivity index (χ0) is 19.8. The molecule has 0 saturated carbocycles. The van der Waals surface area contributed by atoms with Crippen LogP contribution in [0.15, 0.2) is 51.6 Å². The number of aliphatic imine (C=N–C) groups is 1. The maximum absolute atomic E-state index is 11.8. The molecule has 1 aromatic carbocycles. The molecule has 3 rings (SSSR count). The normalized spacial score (nSPS) is 21.8. The Morgan fingerprint density at radius 3 is 2.78 bits per heavy atom. The van der Waals surface area contributed by atoms with Gasteiger partial charge in [0.15, 0.2) is 9.84 Å². The summed E-state index contributed by atoms with van der Waals surface area (Å²) in [6.45, 7) is 4.88. The monoisotopic (exact) mass is 390 g/mol. The first-order chi connectivity index (χ1) is 12.6. The zero-order valence-electron chi connectivity index (χ0n) is 16.0. The van der Waals surface area contributed by atoms with Crippen LogP contribution >= 0.6 is 0 Å². The van der Waals surface area contributed by atoms with Gasteiger partial charge in [-0.05, 0) is 30.5 Å². The molecule has 2 aliphatic heterocycles. The van der Waals surface area contributed by atoms with Crippen molar-refractivity contribution in [2.45, 2.75) is 30.7 Å². The van der Waals surface area contributed by atoms with Crippen molar-refractivity contribution in [1.82, 2.24) is 5.32 Å². The quantitative estimate of drug-likeness (QED) is 0.686. The third-order valence-corrected chi connectivity index (χ3v) is 5.68. The second-order valence-electron chi connectivity index (χ2n) is 7.39. The Balaban J connectivity index is 1.95. The van der Waals surface area contributed by atoms with Crippen molar-refractivity contribution in [1.29, 1.82) is 0 Å². The molecule has 1 aromatic rings. The lowest BCUT2D eigenvalue weighted by atomic mass is 9.80. The van der Waals surface area contributed by atoms with Gasteiger partial charge in [0.05, 0.1) is 29.8 Å². The third kappa shape index (κ3) is 4.01. The number of rotatable bonds is 6. The number of ether oxygens (including phenoxy) is 1. The maximum Gasteiger partial charge on any atom is 0.175 e. The first kappa shape index (κ1) is 19.4. The molecule has 0 amide bonds. The van der Waals surface area contributed by atoms with Gasteiger partial charge in [-0.1, -0.05) is 19.9 Å². The van der Waals surface area contributed by atoms with Crippen LogP contribution in [0.1, 0.15) is 20.3 Å². The first-order valence-electron chi connectivity index (χ1n) is 8.82. The highest BCUT2D eigenvalue weighted by Crippen LogP contribution is 2.33. The molecular formula is C19H26N4O3S. The molecule has 1 unspecified atom stereocenters. The Labute approximate surface area is 160 Å². The molecule has 27 heavy (non-hydrogen) atoms. The summed E-state index contributed by atoms with van der Waals surface area (Å²) < 4.78 is 28.9. The highest BCUT2D eigenvalue weighted by Gasteiger charge is 2.37. The number of hydrogen-bond donors (Lipinski definition) is 3. The summed E-state index contributed by atoms with van der Waals surface area (Å²) in [7, 11) is -1.81. The van der Waals surface area contributed by atoms with Gasteiger partial charge in [0.1, 0.15) is 17.4 Å². The molecule has 0 saturated heterocycles. The van der Waals surface area contributed by atoms with Gasteiger partial charge >= 0.3 is 0 Å². The highest BCUT2D eigenvalue weighted by atomic mass is 32.2. The van der Waals surface area contributed by atoms with Crippen LogP contribution in [0.4, 0.5) is 5.69 Å². The molecular weight excluding hydrogens is 364 g/mol. The number of methoxy groups -OCH3 is 1. The second-order valence-corrected chi connectivity index (χ2v) is 9.40. The first-order valence-corrected chi connectivity index (χ1v) is 10.7. The number of nitrogens with one attached hydrogen (secondary N) is 2. The van der Waals surface area contributed by atoms with E-state index in [-0.39, 0.29) is 4.90 Å². The van der Waals surface area contributed by atoms with Crippen LogP contribution in [-0.2, 0) is 9.84 Å². The molecule has 8 heteroatoms. The maximum atomic E-state index is 11.8. The lowest BCUT2D eigenvalue weighted by Gasteiger charge is -2.36. The standard InChI is InChI=1S/C19H26N4O3S/c1-12(2)10-19(20)11-17(23-18-14(19)7-8-21-18)22-15-6-5-13(27(4,24)25)9-16(15)26-3/h5-7,9,11-12,22H,8,10,20H2,1-4H3,(H,21,23). The number of amidine groups is 1. The van der Waals surface area contributed by atoms with Crippen molar-refractivity contribution in [2.24, 2.45) is 16.6 Å². The van der Waals surface area contributed by atoms with E-state index in [1.807, 2.05) is 6.08 Å². The fourth-order valence-corrected chi connectivity index (χ4v) is 4.12. The fraction of sp³-hybridized carbons (Fsp3) is 0.421. The van der Waals surface area contributed by atoms with E-state index in [0.29, 0.717) is 29.7 Å². The van der Waals surface area contributed by atoms with Gasteiger partial charge < -0.3 is 21.1 Å². The van der Waals surface area contributed by atoms with Crippen LogP contribution in [0, 0.1) is 5.92 Å². The third-order valence-electron chi connectivity index (χ3n) is 4.57. The Hall–Kier alpha value is -2.32. The number of nitrogens with zero attached hydrogens (tertiary/aromatic N) is 1. The molecule has 0 spiro atoms. The van der Waals surface area contributed by atoms with E-state index in [4.69, 9.17) is 10.5 Å². The number of nitrogens with two attached hydrogens (primary N) is 1. The lowest BCUT2D eigenvalue weighted by Crippen LogP contribution is -2.51. The number of anilines is 1. The molecule has 4 N–H and O–H groups in total. The molecule has 7 nitrogen and oxygen atoms in total. The SMILES string of the molecule is COc1cc(S(C)(=O)=O)ccc1NC1=CC(N)(CC(C)C)C2=CCN=C2N1. The van der Waals surface area contributed by atoms with Crippen LogP contribution < -0.4 is 21.1 Å². The minimum Gasteiger partial charge on any atom is -0.495 e. The largest absolute Gasteiger partial charge is 0.495 e. The van der Waals surface area contributed by atoms with E-state index in [9.17, 15) is 8.42 Å². The molecule has 146 valence electrons. The van der Waals surface area contributed by atoms with Gasteiger partial charge in [0.25, 0.3) is 0 Å². The molecule has 0 aromatic heterocycles. The molecule has 2 aliphatic rings. The summed E-state index contributed by atoms with van der Waals surface area (Å²) in [5.41, 5.74) is 7.77. The smallest absolute Gasteiger partial charge is 0.175 e. The Bertz CT molecular complexity index is 948. The topological polar surface area (TPSA) is 106 Å². The fourth-order valence-electron chi connectivity index (χ4n) is 3.49. The second kappa shape index (κ2) is 7.01. The Kier molecular flexibility index (Phi) is 5.05. The van der Waals surface area contributed by atoms with Crippen LogP contribution in [0.2, 0.25) is 0 Å². The lowest BCUT2D eigenvalue weighted by molar-refractivity contribution is 0.415. The van der Waals surface area contributed by atoms with E-state index < -0.39 is 15.4 Å². The predicted octanol–water partition coefficient (Wildman–Crippen LogP) is 2.04. The van der Waals surface area contributed by atoms with Crippen molar-refractivity contribution in [3.05, 3.63) is 41.7 Å². The van der Waals surface area contributed by atoms with E-state index in [2.05, 4.69) is 35.5 Å². The van der Waals surface area contributed by atoms with E-state index in [0.717, 1.165) is 17.8 Å². The van der Waals surface area contributed by atoms with E-state index in [1.54, 1.807) is 12.1 Å². The molecule has 0 fully saturated rings. The Morgan fingerprint density at radius 1 is 1.41 bits per heavy atom. The van der Waals surface area contributed by atoms with Crippen molar-refractivity contribution in [3.63, 3.8) is 0 Å². The molecule has 0 aliphatic carbocycles. The van der Waals surface area contributed by atoms with Crippen LogP contribution in [0.25, 0.3) is 0 Å². The van der Waals surface area contributed by atoms with Crippen LogP contribution in [0.3, 0.4) is 0 Å². The summed E-state index contributed by atoms with van der Waals surface area (Å²) in [6, 6.07) is 4.73. The average Bonchev–Trinajstić information content (AvgIpc) is 3.02. The number of hydrogen-bond acceptors (Lipinski definition) is 7. The summed E-state index contributed by atoms with van der Waals surface area (Å²) in [5.74, 6) is 2.31. The number of sulfone groups is 1. The summed E-state index contributed by atoms with van der Waals surface area (Å²) >= 11 is 0. The van der Waals surface area contributed by atoms with Crippen LogP contribution in [-0.4, -0.2) is 39.7 Å². The average molecular weight is 391 g/mol. The highest BCUT2D eigenvalue weighted by molar-refractivity contribution is 7.90. The van der Waals surface area contributed by atoms with Gasteiger partial charge in [-0.25, -0.2) is 8.42 Å². The Morgan fingerprint density at radius 2 is 2.15 bits per heavy atom. The van der Waals surface area contributed by atoms with Gasteiger partial charge in [-0.15, -0.1) is 0 Å². The zero-order valence-corrected chi connectivity index (χ0v) is 16.9. The van der Waals surface area contributed by atoms with Crippen molar-refractivity contribution < 1.29 is 13.2 Å². The summed E-state index contributed by atoms with van der Waals surface area (Å²) in [6.07, 6.45) is 5.97. The molecule has 2 heterocycles. The van der Waals surface area contributed by atoms with Crippen LogP contribution in [0.5, 0.6) is 5.75 Å². The van der Waals surface area contributed by atoms with Gasteiger partial charge in [0.2, 0.25) is 0 Å².